The fourth-order valence-electron chi connectivity index (χ4n) is 1.74. The average molecular weight is 289 g/mol. The zero-order valence-corrected chi connectivity index (χ0v) is 12.3. The third kappa shape index (κ3) is 4.64. The van der Waals surface area contributed by atoms with Crippen molar-refractivity contribution in [3.63, 3.8) is 0 Å². The second kappa shape index (κ2) is 7.02. The van der Waals surface area contributed by atoms with Gasteiger partial charge in [-0.15, -0.1) is 11.3 Å². The second-order valence-corrected chi connectivity index (χ2v) is 5.41. The number of aliphatic imine (C=N–C) groups is 1. The molecule has 0 bridgehead atoms. The van der Waals surface area contributed by atoms with Crippen LogP contribution in [0, 0.1) is 6.92 Å². The van der Waals surface area contributed by atoms with E-state index in [9.17, 15) is 0 Å². The monoisotopic (exact) mass is 289 g/mol. The molecule has 0 amide bonds. The molecule has 0 atom stereocenters. The summed E-state index contributed by atoms with van der Waals surface area (Å²) in [6, 6.07) is 8.60. The van der Waals surface area contributed by atoms with Gasteiger partial charge in [0, 0.05) is 11.9 Å². The van der Waals surface area contributed by atoms with Crippen LogP contribution in [0.15, 0.2) is 34.6 Å². The van der Waals surface area contributed by atoms with Crippen LogP contribution in [-0.4, -0.2) is 17.5 Å². The molecule has 1 heterocycles. The summed E-state index contributed by atoms with van der Waals surface area (Å²) in [4.78, 5) is 8.23. The van der Waals surface area contributed by atoms with Crippen molar-refractivity contribution < 1.29 is 0 Å². The number of nitrogens with zero attached hydrogens (tertiary/aromatic N) is 2. The van der Waals surface area contributed by atoms with Gasteiger partial charge in [0.05, 0.1) is 5.69 Å². The quantitative estimate of drug-likeness (QED) is 0.429. The number of aryl methyl sites for hydroxylation is 1. The Labute approximate surface area is 122 Å². The Hall–Kier alpha value is -1.92. The summed E-state index contributed by atoms with van der Waals surface area (Å²) in [5.74, 6) is 0.0400. The van der Waals surface area contributed by atoms with Gasteiger partial charge in [0.25, 0.3) is 0 Å². The van der Waals surface area contributed by atoms with Gasteiger partial charge in [-0.1, -0.05) is 29.8 Å². The summed E-state index contributed by atoms with van der Waals surface area (Å²) in [6.07, 6.45) is 1.01. The van der Waals surface area contributed by atoms with E-state index >= 15 is 0 Å². The molecule has 5 nitrogen and oxygen atoms in total. The van der Waals surface area contributed by atoms with Crippen LogP contribution >= 0.6 is 11.3 Å². The molecular formula is C14H19N5S. The zero-order chi connectivity index (χ0) is 14.4. The summed E-state index contributed by atoms with van der Waals surface area (Å²) in [5, 5.41) is 5.92. The molecule has 0 aliphatic rings. The molecule has 0 aliphatic heterocycles. The van der Waals surface area contributed by atoms with Crippen molar-refractivity contribution in [1.82, 2.24) is 10.3 Å². The summed E-state index contributed by atoms with van der Waals surface area (Å²) in [6.45, 7) is 3.74. The second-order valence-electron chi connectivity index (χ2n) is 4.57. The van der Waals surface area contributed by atoms with E-state index in [-0.39, 0.29) is 5.96 Å². The van der Waals surface area contributed by atoms with Crippen molar-refractivity contribution >= 4 is 22.4 Å². The Kier molecular flexibility index (Phi) is 5.09. The molecular weight excluding hydrogens is 270 g/mol. The van der Waals surface area contributed by atoms with Gasteiger partial charge in [0.15, 0.2) is 5.96 Å². The number of hydrogen-bond donors (Lipinski definition) is 3. The first-order valence-electron chi connectivity index (χ1n) is 6.44. The number of benzene rings is 1. The molecule has 5 N–H and O–H groups in total. The van der Waals surface area contributed by atoms with Crippen LogP contribution in [0.1, 0.15) is 16.8 Å². The SMILES string of the molecule is Cc1ccc(CCNCc2csc(N=C(N)N)n2)cc1. The van der Waals surface area contributed by atoms with Crippen molar-refractivity contribution in [2.45, 2.75) is 19.9 Å². The minimum Gasteiger partial charge on any atom is -0.370 e. The van der Waals surface area contributed by atoms with Crippen molar-refractivity contribution in [3.05, 3.63) is 46.5 Å². The molecule has 0 saturated heterocycles. The maximum absolute atomic E-state index is 5.31. The molecule has 1 aromatic carbocycles. The van der Waals surface area contributed by atoms with Gasteiger partial charge in [0.2, 0.25) is 5.13 Å². The minimum atomic E-state index is 0.0400. The first-order valence-corrected chi connectivity index (χ1v) is 7.32. The molecule has 106 valence electrons. The van der Waals surface area contributed by atoms with Crippen LogP contribution in [0.5, 0.6) is 0 Å². The van der Waals surface area contributed by atoms with Gasteiger partial charge in [-0.25, -0.2) is 4.98 Å². The predicted octanol–water partition coefficient (Wildman–Crippen LogP) is 1.69. The number of guanidine groups is 1. The van der Waals surface area contributed by atoms with Crippen molar-refractivity contribution in [1.29, 1.82) is 0 Å². The van der Waals surface area contributed by atoms with Crippen molar-refractivity contribution in [3.8, 4) is 0 Å². The summed E-state index contributed by atoms with van der Waals surface area (Å²) < 4.78 is 0. The summed E-state index contributed by atoms with van der Waals surface area (Å²) >= 11 is 1.44. The van der Waals surface area contributed by atoms with Gasteiger partial charge in [-0.05, 0) is 25.5 Å². The fourth-order valence-corrected chi connectivity index (χ4v) is 2.45. The van der Waals surface area contributed by atoms with Crippen LogP contribution in [0.25, 0.3) is 0 Å². The maximum atomic E-state index is 5.31. The minimum absolute atomic E-state index is 0.0400. The predicted molar refractivity (Wildman–Crippen MR) is 84.2 cm³/mol. The summed E-state index contributed by atoms with van der Waals surface area (Å²) in [5.41, 5.74) is 14.2. The van der Waals surface area contributed by atoms with E-state index in [1.54, 1.807) is 0 Å². The van der Waals surface area contributed by atoms with Crippen LogP contribution in [0.2, 0.25) is 0 Å². The van der Waals surface area contributed by atoms with Gasteiger partial charge < -0.3 is 16.8 Å². The molecule has 0 fully saturated rings. The molecule has 0 spiro atoms. The first kappa shape index (κ1) is 14.5. The largest absolute Gasteiger partial charge is 0.370 e. The highest BCUT2D eigenvalue weighted by Crippen LogP contribution is 2.18. The third-order valence-corrected chi connectivity index (χ3v) is 3.56. The Morgan fingerprint density at radius 1 is 1.30 bits per heavy atom. The van der Waals surface area contributed by atoms with Crippen LogP contribution in [0.3, 0.4) is 0 Å². The Morgan fingerprint density at radius 3 is 2.75 bits per heavy atom. The molecule has 0 saturated carbocycles. The molecule has 2 rings (SSSR count). The molecule has 0 radical (unpaired) electrons. The van der Waals surface area contributed by atoms with E-state index in [1.165, 1.54) is 22.5 Å². The number of thiazole rings is 1. The van der Waals surface area contributed by atoms with Gasteiger partial charge in [-0.2, -0.15) is 4.99 Å². The Bertz CT molecular complexity index is 570. The lowest BCUT2D eigenvalue weighted by atomic mass is 10.1. The van der Waals surface area contributed by atoms with E-state index in [0.29, 0.717) is 5.13 Å². The number of rotatable bonds is 6. The highest BCUT2D eigenvalue weighted by Gasteiger charge is 2.01. The third-order valence-electron chi connectivity index (χ3n) is 2.78. The molecule has 2 aromatic rings. The lowest BCUT2D eigenvalue weighted by Gasteiger charge is -2.03. The highest BCUT2D eigenvalue weighted by atomic mass is 32.1. The average Bonchev–Trinajstić information content (AvgIpc) is 2.83. The number of aromatic nitrogens is 1. The van der Waals surface area contributed by atoms with E-state index in [4.69, 9.17) is 11.5 Å². The lowest BCUT2D eigenvalue weighted by Crippen LogP contribution is -2.21. The first-order chi connectivity index (χ1) is 9.63. The summed E-state index contributed by atoms with van der Waals surface area (Å²) in [7, 11) is 0. The van der Waals surface area contributed by atoms with Crippen LogP contribution in [-0.2, 0) is 13.0 Å². The molecule has 0 unspecified atom stereocenters. The van der Waals surface area contributed by atoms with Gasteiger partial charge in [0.1, 0.15) is 0 Å². The smallest absolute Gasteiger partial charge is 0.212 e. The topological polar surface area (TPSA) is 89.3 Å². The number of nitrogens with two attached hydrogens (primary N) is 2. The van der Waals surface area contributed by atoms with Crippen LogP contribution in [0.4, 0.5) is 5.13 Å². The van der Waals surface area contributed by atoms with Gasteiger partial charge >= 0.3 is 0 Å². The standard InChI is InChI=1S/C14H19N5S/c1-10-2-4-11(5-3-10)6-7-17-8-12-9-20-14(18-12)19-13(15)16/h2-5,9,17H,6-8H2,1H3,(H4,15,16,18,19). The Morgan fingerprint density at radius 2 is 2.05 bits per heavy atom. The fraction of sp³-hybridized carbons (Fsp3) is 0.286. The molecule has 1 aromatic heterocycles. The van der Waals surface area contributed by atoms with Gasteiger partial charge in [-0.3, -0.25) is 0 Å². The normalized spacial score (nSPS) is 10.4. The van der Waals surface area contributed by atoms with Crippen LogP contribution < -0.4 is 16.8 Å². The van der Waals surface area contributed by atoms with E-state index in [2.05, 4.69) is 46.5 Å². The van der Waals surface area contributed by atoms with Crippen molar-refractivity contribution in [2.75, 3.05) is 6.54 Å². The van der Waals surface area contributed by atoms with E-state index < -0.39 is 0 Å². The number of nitrogens with one attached hydrogen (secondary N) is 1. The zero-order valence-electron chi connectivity index (χ0n) is 11.5. The molecule has 20 heavy (non-hydrogen) atoms. The number of hydrogen-bond acceptors (Lipinski definition) is 4. The van der Waals surface area contributed by atoms with Crippen molar-refractivity contribution in [2.24, 2.45) is 16.5 Å². The van der Waals surface area contributed by atoms with E-state index in [1.807, 2.05) is 5.38 Å². The molecule has 6 heteroatoms. The van der Waals surface area contributed by atoms with E-state index in [0.717, 1.165) is 25.2 Å². The maximum Gasteiger partial charge on any atom is 0.212 e. The molecule has 0 aliphatic carbocycles. The Balaban J connectivity index is 1.74. The lowest BCUT2D eigenvalue weighted by molar-refractivity contribution is 0.677. The highest BCUT2D eigenvalue weighted by molar-refractivity contribution is 7.13.